The number of hydrogen-bond acceptors (Lipinski definition) is 4. The standard InChI is InChI=1S/C25H19ClF3N3OS/c26-18-6-4-15(5-7-18)23-30-21-10-11-32(14-20(21)24(33)31-23)13-19-8-9-22(34-19)16-2-1-3-17(12-16)25(27,28)29/h1-9,12H,10-11,13-14H2,(H,30,31,33). The van der Waals surface area contributed by atoms with Crippen LogP contribution < -0.4 is 5.56 Å². The lowest BCUT2D eigenvalue weighted by Crippen LogP contribution is -2.35. The summed E-state index contributed by atoms with van der Waals surface area (Å²) in [5.41, 5.74) is 1.98. The minimum Gasteiger partial charge on any atom is -0.306 e. The second-order valence-electron chi connectivity index (χ2n) is 8.15. The molecule has 3 heterocycles. The van der Waals surface area contributed by atoms with Gasteiger partial charge in [-0.15, -0.1) is 11.3 Å². The smallest absolute Gasteiger partial charge is 0.306 e. The molecule has 5 rings (SSSR count). The van der Waals surface area contributed by atoms with Crippen molar-refractivity contribution in [1.82, 2.24) is 14.9 Å². The molecular formula is C25H19ClF3N3OS. The predicted molar refractivity (Wildman–Crippen MR) is 128 cm³/mol. The van der Waals surface area contributed by atoms with Gasteiger partial charge in [0.05, 0.1) is 16.8 Å². The molecule has 0 saturated carbocycles. The van der Waals surface area contributed by atoms with Gasteiger partial charge in [-0.25, -0.2) is 4.98 Å². The van der Waals surface area contributed by atoms with Crippen LogP contribution in [-0.2, 0) is 25.7 Å². The zero-order chi connectivity index (χ0) is 23.9. The number of aromatic amines is 1. The number of nitrogens with zero attached hydrogens (tertiary/aromatic N) is 2. The van der Waals surface area contributed by atoms with E-state index in [1.165, 1.54) is 23.5 Å². The van der Waals surface area contributed by atoms with E-state index in [4.69, 9.17) is 11.6 Å². The summed E-state index contributed by atoms with van der Waals surface area (Å²) in [4.78, 5) is 24.3. The highest BCUT2D eigenvalue weighted by molar-refractivity contribution is 7.15. The van der Waals surface area contributed by atoms with Crippen molar-refractivity contribution in [3.05, 3.63) is 97.7 Å². The van der Waals surface area contributed by atoms with E-state index in [9.17, 15) is 18.0 Å². The molecule has 174 valence electrons. The van der Waals surface area contributed by atoms with E-state index in [1.807, 2.05) is 24.3 Å². The molecule has 1 aliphatic heterocycles. The fourth-order valence-corrected chi connectivity index (χ4v) is 5.22. The van der Waals surface area contributed by atoms with Gasteiger partial charge in [0.2, 0.25) is 0 Å². The molecule has 0 spiro atoms. The van der Waals surface area contributed by atoms with Gasteiger partial charge in [0.15, 0.2) is 0 Å². The number of benzene rings is 2. The van der Waals surface area contributed by atoms with Crippen LogP contribution in [0.25, 0.3) is 21.8 Å². The summed E-state index contributed by atoms with van der Waals surface area (Å²) in [5.74, 6) is 0.526. The number of rotatable bonds is 4. The summed E-state index contributed by atoms with van der Waals surface area (Å²) in [6.07, 6.45) is -3.72. The van der Waals surface area contributed by atoms with E-state index < -0.39 is 11.7 Å². The molecule has 9 heteroatoms. The second kappa shape index (κ2) is 9.02. The van der Waals surface area contributed by atoms with Gasteiger partial charge in [-0.3, -0.25) is 9.69 Å². The first-order valence-electron chi connectivity index (χ1n) is 10.6. The van der Waals surface area contributed by atoms with Gasteiger partial charge in [0.25, 0.3) is 5.56 Å². The van der Waals surface area contributed by atoms with Crippen molar-refractivity contribution < 1.29 is 13.2 Å². The molecule has 1 aliphatic rings. The minimum absolute atomic E-state index is 0.157. The number of nitrogens with one attached hydrogen (secondary N) is 1. The topological polar surface area (TPSA) is 49.0 Å². The Morgan fingerprint density at radius 3 is 2.62 bits per heavy atom. The lowest BCUT2D eigenvalue weighted by Gasteiger charge is -2.27. The summed E-state index contributed by atoms with van der Waals surface area (Å²) in [6, 6.07) is 16.3. The van der Waals surface area contributed by atoms with Crippen LogP contribution in [-0.4, -0.2) is 21.4 Å². The first kappa shape index (κ1) is 22.8. The monoisotopic (exact) mass is 501 g/mol. The van der Waals surface area contributed by atoms with Crippen LogP contribution in [0.3, 0.4) is 0 Å². The molecule has 4 nitrogen and oxygen atoms in total. The molecule has 1 N–H and O–H groups in total. The fraction of sp³-hybridized carbons (Fsp3) is 0.200. The van der Waals surface area contributed by atoms with E-state index >= 15 is 0 Å². The van der Waals surface area contributed by atoms with Gasteiger partial charge in [0, 0.05) is 46.4 Å². The highest BCUT2D eigenvalue weighted by Crippen LogP contribution is 2.35. The summed E-state index contributed by atoms with van der Waals surface area (Å²) in [7, 11) is 0. The third-order valence-corrected chi connectivity index (χ3v) is 7.15. The fourth-order valence-electron chi connectivity index (χ4n) is 4.05. The summed E-state index contributed by atoms with van der Waals surface area (Å²) < 4.78 is 39.1. The predicted octanol–water partition coefficient (Wildman–Crippen LogP) is 6.40. The van der Waals surface area contributed by atoms with Gasteiger partial charge in [-0.2, -0.15) is 13.2 Å². The first-order chi connectivity index (χ1) is 16.3. The highest BCUT2D eigenvalue weighted by Gasteiger charge is 2.30. The molecule has 4 aromatic rings. The van der Waals surface area contributed by atoms with Crippen LogP contribution in [0, 0.1) is 0 Å². The Balaban J connectivity index is 1.32. The average molecular weight is 502 g/mol. The molecular weight excluding hydrogens is 483 g/mol. The molecule has 2 aromatic heterocycles. The Hall–Kier alpha value is -2.94. The van der Waals surface area contributed by atoms with Gasteiger partial charge >= 0.3 is 6.18 Å². The highest BCUT2D eigenvalue weighted by atomic mass is 35.5. The molecule has 0 fully saturated rings. The third-order valence-electron chi connectivity index (χ3n) is 5.78. The zero-order valence-corrected chi connectivity index (χ0v) is 19.4. The van der Waals surface area contributed by atoms with Crippen molar-refractivity contribution in [1.29, 1.82) is 0 Å². The Kier molecular flexibility index (Phi) is 6.06. The summed E-state index contributed by atoms with van der Waals surface area (Å²) in [5, 5.41) is 0.615. The second-order valence-corrected chi connectivity index (χ2v) is 9.76. The quantitative estimate of drug-likeness (QED) is 0.352. The van der Waals surface area contributed by atoms with Crippen LogP contribution in [0.1, 0.15) is 21.7 Å². The first-order valence-corrected chi connectivity index (χ1v) is 11.8. The van der Waals surface area contributed by atoms with Crippen LogP contribution in [0.2, 0.25) is 5.02 Å². The molecule has 0 amide bonds. The van der Waals surface area contributed by atoms with E-state index in [0.29, 0.717) is 41.5 Å². The Bertz CT molecular complexity index is 1400. The Labute approximate surface area is 202 Å². The van der Waals surface area contributed by atoms with Gasteiger partial charge in [-0.1, -0.05) is 23.7 Å². The Morgan fingerprint density at radius 2 is 1.85 bits per heavy atom. The van der Waals surface area contributed by atoms with Crippen LogP contribution in [0.15, 0.2) is 65.5 Å². The average Bonchev–Trinajstić information content (AvgIpc) is 3.28. The number of hydrogen-bond donors (Lipinski definition) is 1. The van der Waals surface area contributed by atoms with E-state index in [1.54, 1.807) is 18.2 Å². The maximum atomic E-state index is 13.0. The minimum atomic E-state index is -4.37. The van der Waals surface area contributed by atoms with Crippen molar-refractivity contribution in [2.24, 2.45) is 0 Å². The van der Waals surface area contributed by atoms with Crippen LogP contribution in [0.4, 0.5) is 13.2 Å². The molecule has 0 radical (unpaired) electrons. The van der Waals surface area contributed by atoms with Crippen LogP contribution >= 0.6 is 22.9 Å². The van der Waals surface area contributed by atoms with Crippen molar-refractivity contribution in [3.63, 3.8) is 0 Å². The van der Waals surface area contributed by atoms with Gasteiger partial charge < -0.3 is 4.98 Å². The lowest BCUT2D eigenvalue weighted by molar-refractivity contribution is -0.137. The van der Waals surface area contributed by atoms with Gasteiger partial charge in [-0.05, 0) is 54.1 Å². The van der Waals surface area contributed by atoms with E-state index in [-0.39, 0.29) is 5.56 Å². The molecule has 0 bridgehead atoms. The molecule has 0 unspecified atom stereocenters. The number of alkyl halides is 3. The maximum absolute atomic E-state index is 13.0. The molecule has 0 aliphatic carbocycles. The van der Waals surface area contributed by atoms with Crippen molar-refractivity contribution >= 4 is 22.9 Å². The summed E-state index contributed by atoms with van der Waals surface area (Å²) >= 11 is 7.41. The largest absolute Gasteiger partial charge is 0.416 e. The van der Waals surface area contributed by atoms with Crippen molar-refractivity contribution in [2.45, 2.75) is 25.7 Å². The van der Waals surface area contributed by atoms with Crippen molar-refractivity contribution in [3.8, 4) is 21.8 Å². The van der Waals surface area contributed by atoms with E-state index in [0.717, 1.165) is 33.6 Å². The van der Waals surface area contributed by atoms with E-state index in [2.05, 4.69) is 14.9 Å². The zero-order valence-electron chi connectivity index (χ0n) is 17.8. The SMILES string of the molecule is O=c1[nH]c(-c2ccc(Cl)cc2)nc2c1CN(Cc1ccc(-c3cccc(C(F)(F)F)c3)s1)CC2. The Morgan fingerprint density at radius 1 is 1.06 bits per heavy atom. The number of aromatic nitrogens is 2. The number of fused-ring (bicyclic) bond motifs is 1. The summed E-state index contributed by atoms with van der Waals surface area (Å²) in [6.45, 7) is 1.82. The normalized spacial score (nSPS) is 14.2. The molecule has 0 atom stereocenters. The molecule has 2 aromatic carbocycles. The van der Waals surface area contributed by atoms with Crippen molar-refractivity contribution in [2.75, 3.05) is 6.54 Å². The lowest BCUT2D eigenvalue weighted by atomic mass is 10.1. The number of H-pyrrole nitrogens is 1. The number of thiophene rings is 1. The third kappa shape index (κ3) is 4.80. The number of halogens is 4. The molecule has 0 saturated heterocycles. The van der Waals surface area contributed by atoms with Crippen LogP contribution in [0.5, 0.6) is 0 Å². The molecule has 34 heavy (non-hydrogen) atoms. The maximum Gasteiger partial charge on any atom is 0.416 e. The van der Waals surface area contributed by atoms with Gasteiger partial charge in [0.1, 0.15) is 5.82 Å².